The van der Waals surface area contributed by atoms with Crippen LogP contribution in [0, 0.1) is 5.82 Å². The van der Waals surface area contributed by atoms with Gasteiger partial charge in [0.1, 0.15) is 34.4 Å². The average molecular weight is 513 g/mol. The van der Waals surface area contributed by atoms with E-state index in [4.69, 9.17) is 13.9 Å². The van der Waals surface area contributed by atoms with Gasteiger partial charge in [0, 0.05) is 30.6 Å². The highest BCUT2D eigenvalue weighted by Crippen LogP contribution is 2.41. The number of benzene rings is 3. The van der Waals surface area contributed by atoms with Crippen LogP contribution in [0.1, 0.15) is 17.3 Å². The molecule has 8 nitrogen and oxygen atoms in total. The summed E-state index contributed by atoms with van der Waals surface area (Å²) in [5.74, 6) is 0.849. The predicted molar refractivity (Wildman–Crippen MR) is 136 cm³/mol. The van der Waals surface area contributed by atoms with Crippen LogP contribution in [-0.2, 0) is 10.0 Å². The first-order chi connectivity index (χ1) is 17.2. The lowest BCUT2D eigenvalue weighted by Gasteiger charge is -2.22. The van der Waals surface area contributed by atoms with Crippen molar-refractivity contribution < 1.29 is 31.5 Å². The van der Waals surface area contributed by atoms with E-state index in [0.29, 0.717) is 39.5 Å². The molecule has 1 heterocycles. The molecule has 0 bridgehead atoms. The van der Waals surface area contributed by atoms with Crippen LogP contribution in [-0.4, -0.2) is 41.3 Å². The number of anilines is 1. The smallest absolute Gasteiger partial charge is 0.255 e. The van der Waals surface area contributed by atoms with E-state index in [1.807, 2.05) is 0 Å². The second-order valence-corrected chi connectivity index (χ2v) is 9.82. The Hall–Kier alpha value is -4.05. The number of carbonyl (C=O) groups excluding carboxylic acids is 1. The second-order valence-electron chi connectivity index (χ2n) is 7.91. The van der Waals surface area contributed by atoms with Crippen molar-refractivity contribution in [1.29, 1.82) is 0 Å². The van der Waals surface area contributed by atoms with E-state index in [9.17, 15) is 17.6 Å². The molecule has 0 saturated heterocycles. The molecule has 0 radical (unpaired) electrons. The Bertz CT molecular complexity index is 1510. The molecule has 188 valence electrons. The molecule has 1 amide bonds. The Morgan fingerprint density at radius 1 is 1.06 bits per heavy atom. The topological polar surface area (TPSA) is 98.1 Å². The molecular formula is C26H25FN2O6S. The summed E-state index contributed by atoms with van der Waals surface area (Å²) in [5.41, 5.74) is 1.52. The zero-order valence-electron chi connectivity index (χ0n) is 20.2. The fourth-order valence-electron chi connectivity index (χ4n) is 3.92. The van der Waals surface area contributed by atoms with Crippen LogP contribution in [0.25, 0.3) is 22.3 Å². The minimum atomic E-state index is -3.58. The van der Waals surface area contributed by atoms with Crippen molar-refractivity contribution >= 4 is 32.6 Å². The first kappa shape index (κ1) is 25.1. The van der Waals surface area contributed by atoms with Gasteiger partial charge in [-0.05, 0) is 61.5 Å². The molecule has 0 aliphatic carbocycles. The van der Waals surface area contributed by atoms with E-state index in [2.05, 4.69) is 5.32 Å². The summed E-state index contributed by atoms with van der Waals surface area (Å²) in [7, 11) is -0.637. The van der Waals surface area contributed by atoms with Gasteiger partial charge in [-0.1, -0.05) is 0 Å². The zero-order valence-corrected chi connectivity index (χ0v) is 21.0. The molecule has 0 aliphatic heterocycles. The molecule has 0 saturated carbocycles. The Labute approximate surface area is 208 Å². The number of hydrogen-bond acceptors (Lipinski definition) is 6. The number of nitrogens with one attached hydrogen (secondary N) is 1. The summed E-state index contributed by atoms with van der Waals surface area (Å²) >= 11 is 0. The molecule has 1 aromatic heterocycles. The Kier molecular flexibility index (Phi) is 6.89. The van der Waals surface area contributed by atoms with Gasteiger partial charge in [0.05, 0.1) is 24.6 Å². The number of hydrogen-bond donors (Lipinski definition) is 1. The number of furan rings is 1. The Balaban J connectivity index is 1.81. The number of carbonyl (C=O) groups is 1. The number of ether oxygens (including phenoxy) is 2. The van der Waals surface area contributed by atoms with Crippen LogP contribution in [0.3, 0.4) is 0 Å². The monoisotopic (exact) mass is 512 g/mol. The normalized spacial score (nSPS) is 11.4. The number of nitrogens with zero attached hydrogens (tertiary/aromatic N) is 1. The predicted octanol–water partition coefficient (Wildman–Crippen LogP) is 5.19. The van der Waals surface area contributed by atoms with Gasteiger partial charge in [0.15, 0.2) is 0 Å². The van der Waals surface area contributed by atoms with Crippen molar-refractivity contribution in [3.05, 3.63) is 72.0 Å². The van der Waals surface area contributed by atoms with E-state index in [0.717, 1.165) is 6.26 Å². The number of sulfonamides is 1. The number of amides is 1. The van der Waals surface area contributed by atoms with Gasteiger partial charge in [-0.15, -0.1) is 0 Å². The van der Waals surface area contributed by atoms with E-state index in [-0.39, 0.29) is 29.6 Å². The lowest BCUT2D eigenvalue weighted by molar-refractivity contribution is 0.0964. The highest BCUT2D eigenvalue weighted by atomic mass is 32.2. The summed E-state index contributed by atoms with van der Waals surface area (Å²) in [4.78, 5) is 12.9. The van der Waals surface area contributed by atoms with Gasteiger partial charge in [-0.3, -0.25) is 9.10 Å². The van der Waals surface area contributed by atoms with Crippen LogP contribution in [0.15, 0.2) is 65.1 Å². The molecule has 4 rings (SSSR count). The fourth-order valence-corrected chi connectivity index (χ4v) is 4.89. The molecule has 10 heteroatoms. The van der Waals surface area contributed by atoms with Crippen molar-refractivity contribution in [2.45, 2.75) is 6.92 Å². The van der Waals surface area contributed by atoms with E-state index in [1.165, 1.54) is 42.7 Å². The molecule has 0 fully saturated rings. The number of halogens is 1. The third-order valence-electron chi connectivity index (χ3n) is 5.57. The Morgan fingerprint density at radius 3 is 2.19 bits per heavy atom. The first-order valence-electron chi connectivity index (χ1n) is 11.0. The van der Waals surface area contributed by atoms with Crippen molar-refractivity contribution in [1.82, 2.24) is 5.32 Å². The molecule has 0 aliphatic rings. The highest BCUT2D eigenvalue weighted by molar-refractivity contribution is 7.92. The molecule has 0 unspecified atom stereocenters. The van der Waals surface area contributed by atoms with Crippen molar-refractivity contribution in [2.24, 2.45) is 0 Å². The van der Waals surface area contributed by atoms with Crippen LogP contribution < -0.4 is 19.1 Å². The van der Waals surface area contributed by atoms with E-state index in [1.54, 1.807) is 43.3 Å². The van der Waals surface area contributed by atoms with Gasteiger partial charge in [-0.25, -0.2) is 12.8 Å². The molecular weight excluding hydrogens is 487 g/mol. The maximum atomic E-state index is 13.1. The van der Waals surface area contributed by atoms with Crippen LogP contribution in [0.5, 0.6) is 17.2 Å². The molecule has 1 N–H and O–H groups in total. The molecule has 3 aromatic carbocycles. The summed E-state index contributed by atoms with van der Waals surface area (Å²) in [6.07, 6.45) is 1.11. The summed E-state index contributed by atoms with van der Waals surface area (Å²) in [6.45, 7) is 1.90. The standard InChI is InChI=1S/C26H25FN2O6S/c1-5-29(36(4,31)32)21-15-22-20(14-23(21)33-3)24(26(30)28-2)25(35-22)16-6-10-18(11-7-16)34-19-12-8-17(27)9-13-19/h6-15H,5H2,1-4H3,(H,28,30). The SMILES string of the molecule is CCN(c1cc2oc(-c3ccc(Oc4ccc(F)cc4)cc3)c(C(=O)NC)c2cc1OC)S(C)(=O)=O. The number of rotatable bonds is 8. The second kappa shape index (κ2) is 9.90. The van der Waals surface area contributed by atoms with Gasteiger partial charge < -0.3 is 19.2 Å². The molecule has 4 aromatic rings. The molecule has 0 atom stereocenters. The van der Waals surface area contributed by atoms with Crippen molar-refractivity contribution in [3.63, 3.8) is 0 Å². The van der Waals surface area contributed by atoms with E-state index >= 15 is 0 Å². The quantitative estimate of drug-likeness (QED) is 0.349. The zero-order chi connectivity index (χ0) is 26.0. The third-order valence-corrected chi connectivity index (χ3v) is 6.82. The molecule has 36 heavy (non-hydrogen) atoms. The van der Waals surface area contributed by atoms with Crippen LogP contribution in [0.4, 0.5) is 10.1 Å². The molecule has 0 spiro atoms. The van der Waals surface area contributed by atoms with E-state index < -0.39 is 10.0 Å². The summed E-state index contributed by atoms with van der Waals surface area (Å²) in [5, 5.41) is 3.10. The highest BCUT2D eigenvalue weighted by Gasteiger charge is 2.26. The maximum Gasteiger partial charge on any atom is 0.255 e. The lowest BCUT2D eigenvalue weighted by Crippen LogP contribution is -2.29. The number of fused-ring (bicyclic) bond motifs is 1. The third kappa shape index (κ3) is 4.85. The Morgan fingerprint density at radius 2 is 1.67 bits per heavy atom. The largest absolute Gasteiger partial charge is 0.495 e. The van der Waals surface area contributed by atoms with Crippen molar-refractivity contribution in [3.8, 4) is 28.6 Å². The van der Waals surface area contributed by atoms with Gasteiger partial charge in [0.25, 0.3) is 5.91 Å². The van der Waals surface area contributed by atoms with Gasteiger partial charge >= 0.3 is 0 Å². The fraction of sp³-hybridized carbons (Fsp3) is 0.192. The maximum absolute atomic E-state index is 13.1. The minimum absolute atomic E-state index is 0.187. The minimum Gasteiger partial charge on any atom is -0.495 e. The van der Waals surface area contributed by atoms with Gasteiger partial charge in [-0.2, -0.15) is 0 Å². The van der Waals surface area contributed by atoms with Crippen LogP contribution >= 0.6 is 0 Å². The lowest BCUT2D eigenvalue weighted by atomic mass is 10.0. The number of methoxy groups -OCH3 is 1. The van der Waals surface area contributed by atoms with Crippen molar-refractivity contribution in [2.75, 3.05) is 31.3 Å². The average Bonchev–Trinajstić information content (AvgIpc) is 3.22. The summed E-state index contributed by atoms with van der Waals surface area (Å²) in [6, 6.07) is 15.7. The summed E-state index contributed by atoms with van der Waals surface area (Å²) < 4.78 is 56.4. The van der Waals surface area contributed by atoms with Gasteiger partial charge in [0.2, 0.25) is 10.0 Å². The van der Waals surface area contributed by atoms with Crippen LogP contribution in [0.2, 0.25) is 0 Å². The first-order valence-corrected chi connectivity index (χ1v) is 12.9.